The maximum Gasteiger partial charge on any atom is 0.249 e. The number of oxime groups is 1. The predicted octanol–water partition coefficient (Wildman–Crippen LogP) is 3.16. The number of hydrogen-bond donors (Lipinski definition) is 1. The van der Waals surface area contributed by atoms with Crippen molar-refractivity contribution in [1.29, 1.82) is 0 Å². The largest absolute Gasteiger partial charge is 0.396 e. The maximum absolute atomic E-state index is 13.8. The summed E-state index contributed by atoms with van der Waals surface area (Å²) in [4.78, 5) is 28.5. The third kappa shape index (κ3) is 4.43. The number of likely N-dealkylation sites (tertiary alicyclic amines) is 1. The highest BCUT2D eigenvalue weighted by Gasteiger charge is 2.51. The third-order valence-electron chi connectivity index (χ3n) is 6.25. The van der Waals surface area contributed by atoms with Gasteiger partial charge in [-0.1, -0.05) is 11.2 Å². The van der Waals surface area contributed by atoms with Crippen molar-refractivity contribution in [1.82, 2.24) is 14.9 Å². The lowest BCUT2D eigenvalue weighted by molar-refractivity contribution is -0.0273. The minimum absolute atomic E-state index is 0.0799. The number of aromatic amines is 1. The molecule has 9 heteroatoms. The Bertz CT molecular complexity index is 1260. The molecule has 0 saturated carbocycles. The number of H-pyrrole nitrogens is 1. The van der Waals surface area contributed by atoms with Crippen LogP contribution < -0.4 is 10.5 Å². The zero-order chi connectivity index (χ0) is 23.7. The number of pyridine rings is 2. The summed E-state index contributed by atoms with van der Waals surface area (Å²) in [7, 11) is 0. The number of aromatic nitrogens is 2. The van der Waals surface area contributed by atoms with Crippen LogP contribution in [0.1, 0.15) is 23.7 Å². The Kier molecular flexibility index (Phi) is 5.87. The highest BCUT2D eigenvalue weighted by molar-refractivity contribution is 6.11. The van der Waals surface area contributed by atoms with E-state index in [1.54, 1.807) is 25.4 Å². The number of hydrogen-bond acceptors (Lipinski definition) is 6. The summed E-state index contributed by atoms with van der Waals surface area (Å²) in [5, 5.41) is 4.08. The summed E-state index contributed by atoms with van der Waals surface area (Å²) in [6.45, 7) is 6.83. The summed E-state index contributed by atoms with van der Waals surface area (Å²) in [6.07, 6.45) is 3.47. The van der Waals surface area contributed by atoms with Crippen molar-refractivity contribution in [2.24, 2.45) is 10.6 Å². The maximum atomic E-state index is 13.8. The van der Waals surface area contributed by atoms with E-state index in [2.05, 4.69) is 24.9 Å². The second-order valence-corrected chi connectivity index (χ2v) is 8.95. The number of benzene rings is 1. The zero-order valence-corrected chi connectivity index (χ0v) is 18.8. The normalized spacial score (nSPS) is 17.4. The first-order valence-corrected chi connectivity index (χ1v) is 11.2. The molecule has 1 spiro atoms. The van der Waals surface area contributed by atoms with Gasteiger partial charge >= 0.3 is 0 Å². The Balaban J connectivity index is 1.20. The molecule has 1 N–H and O–H groups in total. The molecular weight excluding hydrogens is 440 g/mol. The van der Waals surface area contributed by atoms with Gasteiger partial charge in [-0.05, 0) is 42.8 Å². The molecule has 2 aromatic heterocycles. The second-order valence-electron chi connectivity index (χ2n) is 8.95. The first-order chi connectivity index (χ1) is 16.4. The Labute approximate surface area is 195 Å². The van der Waals surface area contributed by atoms with Crippen molar-refractivity contribution in [3.63, 3.8) is 0 Å². The molecule has 3 aromatic rings. The average molecular weight is 466 g/mol. The standard InChI is InChI=1S/C25H25F2N5O2/c1-2-34-30-24(18-4-5-20(26)21(27)9-18)22-6-3-17(11-29-22)12-31-13-25(14-31)15-32(16-25)19-7-8-28-23(33)10-19/h3-11H,2,12-16H2,1H3,(H,28,33). The lowest BCUT2D eigenvalue weighted by Gasteiger charge is -2.61. The SMILES string of the molecule is CCON=C(c1ccc(F)c(F)c1)c1ccc(CN2CC3(C2)CN(c2cc[nH]c(=O)c2)C3)cn1. The molecule has 0 amide bonds. The van der Waals surface area contributed by atoms with Crippen LogP contribution in [0.5, 0.6) is 0 Å². The van der Waals surface area contributed by atoms with E-state index in [0.29, 0.717) is 29.0 Å². The van der Waals surface area contributed by atoms with Crippen molar-refractivity contribution >= 4 is 11.4 Å². The molecule has 2 saturated heterocycles. The topological polar surface area (TPSA) is 73.8 Å². The van der Waals surface area contributed by atoms with Gasteiger partial charge in [0.1, 0.15) is 12.3 Å². The smallest absolute Gasteiger partial charge is 0.249 e. The van der Waals surface area contributed by atoms with Crippen LogP contribution in [-0.2, 0) is 11.4 Å². The average Bonchev–Trinajstić information content (AvgIpc) is 2.78. The Hall–Kier alpha value is -3.59. The molecule has 176 valence electrons. The number of halogens is 2. The summed E-state index contributed by atoms with van der Waals surface area (Å²) < 4.78 is 27.1. The minimum Gasteiger partial charge on any atom is -0.396 e. The van der Waals surface area contributed by atoms with Crippen LogP contribution in [0.25, 0.3) is 0 Å². The number of nitrogens with one attached hydrogen (secondary N) is 1. The molecule has 0 unspecified atom stereocenters. The van der Waals surface area contributed by atoms with Crippen molar-refractivity contribution in [3.8, 4) is 0 Å². The van der Waals surface area contributed by atoms with Gasteiger partial charge in [-0.2, -0.15) is 0 Å². The minimum atomic E-state index is -0.946. The summed E-state index contributed by atoms with van der Waals surface area (Å²) in [5.41, 5.74) is 3.51. The van der Waals surface area contributed by atoms with Gasteiger partial charge in [0.05, 0.1) is 5.69 Å². The van der Waals surface area contributed by atoms with Crippen LogP contribution in [0.2, 0.25) is 0 Å². The van der Waals surface area contributed by atoms with Crippen LogP contribution in [-0.4, -0.2) is 53.4 Å². The quantitative estimate of drug-likeness (QED) is 0.429. The van der Waals surface area contributed by atoms with E-state index >= 15 is 0 Å². The van der Waals surface area contributed by atoms with Gasteiger partial charge in [0, 0.05) is 67.8 Å². The highest BCUT2D eigenvalue weighted by atomic mass is 19.2. The molecule has 0 radical (unpaired) electrons. The van der Waals surface area contributed by atoms with Crippen LogP contribution in [0.4, 0.5) is 14.5 Å². The molecular formula is C25H25F2N5O2. The Morgan fingerprint density at radius 2 is 1.94 bits per heavy atom. The van der Waals surface area contributed by atoms with Gasteiger partial charge in [0.25, 0.3) is 0 Å². The molecule has 4 heterocycles. The fourth-order valence-electron chi connectivity index (χ4n) is 4.73. The summed E-state index contributed by atoms with van der Waals surface area (Å²) >= 11 is 0. The van der Waals surface area contributed by atoms with E-state index in [-0.39, 0.29) is 5.56 Å². The van der Waals surface area contributed by atoms with E-state index in [0.717, 1.165) is 56.1 Å². The third-order valence-corrected chi connectivity index (χ3v) is 6.25. The second kappa shape index (κ2) is 8.98. The van der Waals surface area contributed by atoms with Crippen LogP contribution in [0, 0.1) is 17.0 Å². The molecule has 0 bridgehead atoms. The van der Waals surface area contributed by atoms with E-state index in [9.17, 15) is 13.6 Å². The molecule has 2 aliphatic rings. The Morgan fingerprint density at radius 3 is 2.62 bits per heavy atom. The zero-order valence-electron chi connectivity index (χ0n) is 18.8. The first-order valence-electron chi connectivity index (χ1n) is 11.2. The molecule has 5 rings (SSSR count). The van der Waals surface area contributed by atoms with Crippen LogP contribution in [0.3, 0.4) is 0 Å². The lowest BCUT2D eigenvalue weighted by atomic mass is 9.72. The molecule has 7 nitrogen and oxygen atoms in total. The number of nitrogens with zero attached hydrogens (tertiary/aromatic N) is 4. The van der Waals surface area contributed by atoms with E-state index < -0.39 is 11.6 Å². The molecule has 34 heavy (non-hydrogen) atoms. The van der Waals surface area contributed by atoms with Gasteiger partial charge in [0.2, 0.25) is 5.56 Å². The van der Waals surface area contributed by atoms with Crippen LogP contribution >= 0.6 is 0 Å². The van der Waals surface area contributed by atoms with Crippen molar-refractivity contribution in [2.75, 3.05) is 37.7 Å². The van der Waals surface area contributed by atoms with E-state index in [4.69, 9.17) is 4.84 Å². The van der Waals surface area contributed by atoms with Crippen molar-refractivity contribution in [3.05, 3.63) is 93.7 Å². The van der Waals surface area contributed by atoms with Gasteiger partial charge < -0.3 is 14.7 Å². The molecule has 2 aliphatic heterocycles. The highest BCUT2D eigenvalue weighted by Crippen LogP contribution is 2.42. The predicted molar refractivity (Wildman–Crippen MR) is 125 cm³/mol. The van der Waals surface area contributed by atoms with E-state index in [1.165, 1.54) is 6.07 Å². The number of anilines is 1. The molecule has 0 atom stereocenters. The number of rotatable bonds is 7. The molecule has 2 fully saturated rings. The van der Waals surface area contributed by atoms with Gasteiger partial charge in [0.15, 0.2) is 11.6 Å². The van der Waals surface area contributed by atoms with Gasteiger partial charge in [-0.25, -0.2) is 8.78 Å². The fourth-order valence-corrected chi connectivity index (χ4v) is 4.73. The lowest BCUT2D eigenvalue weighted by Crippen LogP contribution is -2.72. The molecule has 0 aliphatic carbocycles. The fraction of sp³-hybridized carbons (Fsp3) is 0.320. The Morgan fingerprint density at radius 1 is 1.12 bits per heavy atom. The van der Waals surface area contributed by atoms with Gasteiger partial charge in [-0.15, -0.1) is 0 Å². The van der Waals surface area contributed by atoms with Crippen LogP contribution in [0.15, 0.2) is 64.8 Å². The monoisotopic (exact) mass is 465 g/mol. The van der Waals surface area contributed by atoms with Gasteiger partial charge in [-0.3, -0.25) is 14.7 Å². The van der Waals surface area contributed by atoms with E-state index in [1.807, 2.05) is 18.2 Å². The first kappa shape index (κ1) is 22.2. The molecule has 1 aromatic carbocycles. The summed E-state index contributed by atoms with van der Waals surface area (Å²) in [5.74, 6) is -1.86. The van der Waals surface area contributed by atoms with Crippen molar-refractivity contribution in [2.45, 2.75) is 13.5 Å². The summed E-state index contributed by atoms with van der Waals surface area (Å²) in [6, 6.07) is 11.0. The van der Waals surface area contributed by atoms with Crippen molar-refractivity contribution < 1.29 is 13.6 Å².